The van der Waals surface area contributed by atoms with Crippen molar-refractivity contribution in [3.63, 3.8) is 0 Å². The van der Waals surface area contributed by atoms with Gasteiger partial charge < -0.3 is 11.1 Å². The third kappa shape index (κ3) is 1.99. The van der Waals surface area contributed by atoms with Gasteiger partial charge in [0.2, 0.25) is 0 Å². The lowest BCUT2D eigenvalue weighted by molar-refractivity contribution is 0.654. The van der Waals surface area contributed by atoms with Crippen molar-refractivity contribution < 1.29 is 0 Å². The van der Waals surface area contributed by atoms with Gasteiger partial charge in [0.05, 0.1) is 0 Å². The summed E-state index contributed by atoms with van der Waals surface area (Å²) in [7, 11) is 1.92. The molecule has 0 aliphatic heterocycles. The van der Waals surface area contributed by atoms with Gasteiger partial charge in [-0.25, -0.2) is 0 Å². The Bertz CT molecular complexity index is 273. The first-order valence-electron chi connectivity index (χ1n) is 3.87. The zero-order valence-corrected chi connectivity index (χ0v) is 8.85. The van der Waals surface area contributed by atoms with Crippen LogP contribution in [-0.4, -0.2) is 7.05 Å². The van der Waals surface area contributed by atoms with Gasteiger partial charge in [0, 0.05) is 16.2 Å². The van der Waals surface area contributed by atoms with Gasteiger partial charge >= 0.3 is 0 Å². The Labute approximate surface area is 81.3 Å². The maximum absolute atomic E-state index is 5.81. The van der Waals surface area contributed by atoms with E-state index in [4.69, 9.17) is 5.73 Å². The molecule has 0 aliphatic rings. The first-order chi connectivity index (χ1) is 5.65. The van der Waals surface area contributed by atoms with Crippen LogP contribution in [0.2, 0.25) is 0 Å². The van der Waals surface area contributed by atoms with Gasteiger partial charge in [0.15, 0.2) is 0 Å². The average molecular weight is 229 g/mol. The molecule has 0 fully saturated rings. The third-order valence-electron chi connectivity index (χ3n) is 1.95. The fourth-order valence-electron chi connectivity index (χ4n) is 1.08. The summed E-state index contributed by atoms with van der Waals surface area (Å²) in [6, 6.07) is 6.19. The Morgan fingerprint density at radius 1 is 1.50 bits per heavy atom. The molecule has 0 saturated heterocycles. The molecule has 0 unspecified atom stereocenters. The molecule has 0 spiro atoms. The zero-order chi connectivity index (χ0) is 9.14. The zero-order valence-electron chi connectivity index (χ0n) is 7.26. The van der Waals surface area contributed by atoms with Gasteiger partial charge in [-0.05, 0) is 37.7 Å². The molecule has 0 bridgehead atoms. The van der Waals surface area contributed by atoms with Crippen LogP contribution in [0.15, 0.2) is 22.7 Å². The molecule has 0 aromatic heterocycles. The molecule has 1 aromatic carbocycles. The predicted octanol–water partition coefficient (Wildman–Crippen LogP) is 2.31. The second-order valence-corrected chi connectivity index (χ2v) is 3.70. The van der Waals surface area contributed by atoms with Crippen molar-refractivity contribution in [2.75, 3.05) is 12.8 Å². The topological polar surface area (TPSA) is 38.0 Å². The van der Waals surface area contributed by atoms with Crippen molar-refractivity contribution in [3.8, 4) is 0 Å². The Morgan fingerprint density at radius 2 is 2.17 bits per heavy atom. The van der Waals surface area contributed by atoms with E-state index in [0.717, 1.165) is 15.7 Å². The number of nitrogens with one attached hydrogen (secondary N) is 1. The maximum Gasteiger partial charge on any atom is 0.0363 e. The lowest BCUT2D eigenvalue weighted by Gasteiger charge is -2.13. The molecule has 0 aliphatic carbocycles. The maximum atomic E-state index is 5.81. The molecule has 12 heavy (non-hydrogen) atoms. The van der Waals surface area contributed by atoms with E-state index < -0.39 is 0 Å². The first-order valence-corrected chi connectivity index (χ1v) is 4.66. The summed E-state index contributed by atoms with van der Waals surface area (Å²) in [4.78, 5) is 0. The van der Waals surface area contributed by atoms with Crippen molar-refractivity contribution in [3.05, 3.63) is 28.2 Å². The summed E-state index contributed by atoms with van der Waals surface area (Å²) < 4.78 is 1.06. The number of nitrogens with two attached hydrogens (primary N) is 1. The van der Waals surface area contributed by atoms with Crippen LogP contribution in [-0.2, 0) is 0 Å². The minimum Gasteiger partial charge on any atom is -0.398 e. The summed E-state index contributed by atoms with van der Waals surface area (Å²) in [5, 5.41) is 3.15. The van der Waals surface area contributed by atoms with Crippen LogP contribution in [0.25, 0.3) is 0 Å². The summed E-state index contributed by atoms with van der Waals surface area (Å²) >= 11 is 3.41. The molecule has 3 heteroatoms. The summed E-state index contributed by atoms with van der Waals surface area (Å²) in [6.07, 6.45) is 0. The Balaban J connectivity index is 3.04. The highest BCUT2D eigenvalue weighted by Crippen LogP contribution is 2.23. The molecule has 1 rings (SSSR count). The lowest BCUT2D eigenvalue weighted by atomic mass is 10.1. The summed E-state index contributed by atoms with van der Waals surface area (Å²) in [5.41, 5.74) is 7.77. The minimum absolute atomic E-state index is 0.294. The largest absolute Gasteiger partial charge is 0.398 e. The van der Waals surface area contributed by atoms with Crippen LogP contribution in [0, 0.1) is 0 Å². The summed E-state index contributed by atoms with van der Waals surface area (Å²) in [5.74, 6) is 0. The highest BCUT2D eigenvalue weighted by Gasteiger charge is 2.06. The Hall–Kier alpha value is -0.540. The fourth-order valence-corrected chi connectivity index (χ4v) is 1.45. The molecule has 0 saturated carbocycles. The van der Waals surface area contributed by atoms with E-state index in [1.54, 1.807) is 0 Å². The minimum atomic E-state index is 0.294. The molecule has 1 aromatic rings. The second kappa shape index (κ2) is 3.92. The standard InChI is InChI=1S/C9H13BrN2/c1-6(12-2)8-5-7(10)3-4-9(8)11/h3-6,12H,11H2,1-2H3/t6-/m0/s1. The van der Waals surface area contributed by atoms with Crippen molar-refractivity contribution in [1.82, 2.24) is 5.32 Å². The van der Waals surface area contributed by atoms with E-state index >= 15 is 0 Å². The third-order valence-corrected chi connectivity index (χ3v) is 2.44. The van der Waals surface area contributed by atoms with E-state index in [-0.39, 0.29) is 0 Å². The number of nitrogen functional groups attached to an aromatic ring is 1. The van der Waals surface area contributed by atoms with Crippen molar-refractivity contribution in [2.45, 2.75) is 13.0 Å². The summed E-state index contributed by atoms with van der Waals surface area (Å²) in [6.45, 7) is 2.08. The van der Waals surface area contributed by atoms with Crippen molar-refractivity contribution in [2.24, 2.45) is 0 Å². The smallest absolute Gasteiger partial charge is 0.0363 e. The van der Waals surface area contributed by atoms with Gasteiger partial charge in [-0.1, -0.05) is 15.9 Å². The van der Waals surface area contributed by atoms with E-state index in [1.807, 2.05) is 25.2 Å². The molecule has 2 nitrogen and oxygen atoms in total. The van der Waals surface area contributed by atoms with Gasteiger partial charge in [-0.15, -0.1) is 0 Å². The van der Waals surface area contributed by atoms with E-state index in [1.165, 1.54) is 0 Å². The van der Waals surface area contributed by atoms with Crippen molar-refractivity contribution >= 4 is 21.6 Å². The molecule has 0 radical (unpaired) electrons. The van der Waals surface area contributed by atoms with Gasteiger partial charge in [0.25, 0.3) is 0 Å². The molecule has 3 N–H and O–H groups in total. The second-order valence-electron chi connectivity index (χ2n) is 2.78. The van der Waals surface area contributed by atoms with Crippen LogP contribution in [0.3, 0.4) is 0 Å². The average Bonchev–Trinajstić information content (AvgIpc) is 2.08. The van der Waals surface area contributed by atoms with E-state index in [2.05, 4.69) is 28.2 Å². The van der Waals surface area contributed by atoms with E-state index in [0.29, 0.717) is 6.04 Å². The van der Waals surface area contributed by atoms with Crippen LogP contribution in [0.5, 0.6) is 0 Å². The van der Waals surface area contributed by atoms with Gasteiger partial charge in [0.1, 0.15) is 0 Å². The SMILES string of the molecule is CN[C@@H](C)c1cc(Br)ccc1N. The number of anilines is 1. The molecule has 0 heterocycles. The van der Waals surface area contributed by atoms with E-state index in [9.17, 15) is 0 Å². The molecule has 1 atom stereocenters. The molecule has 0 amide bonds. The fraction of sp³-hybridized carbons (Fsp3) is 0.333. The number of benzene rings is 1. The lowest BCUT2D eigenvalue weighted by Crippen LogP contribution is -2.13. The quantitative estimate of drug-likeness (QED) is 0.763. The van der Waals surface area contributed by atoms with Gasteiger partial charge in [-0.3, -0.25) is 0 Å². The van der Waals surface area contributed by atoms with Gasteiger partial charge in [-0.2, -0.15) is 0 Å². The first kappa shape index (κ1) is 9.55. The van der Waals surface area contributed by atoms with Crippen LogP contribution >= 0.6 is 15.9 Å². The molecular formula is C9H13BrN2. The Kier molecular flexibility index (Phi) is 3.12. The normalized spacial score (nSPS) is 12.9. The molecular weight excluding hydrogens is 216 g/mol. The van der Waals surface area contributed by atoms with Crippen LogP contribution in [0.4, 0.5) is 5.69 Å². The van der Waals surface area contributed by atoms with Crippen molar-refractivity contribution in [1.29, 1.82) is 0 Å². The van der Waals surface area contributed by atoms with Crippen LogP contribution in [0.1, 0.15) is 18.5 Å². The highest BCUT2D eigenvalue weighted by atomic mass is 79.9. The number of hydrogen-bond acceptors (Lipinski definition) is 2. The number of halogens is 1. The Morgan fingerprint density at radius 3 is 2.75 bits per heavy atom. The van der Waals surface area contributed by atoms with Crippen LogP contribution < -0.4 is 11.1 Å². The number of hydrogen-bond donors (Lipinski definition) is 2. The predicted molar refractivity (Wildman–Crippen MR) is 56.0 cm³/mol. The molecule has 66 valence electrons. The highest BCUT2D eigenvalue weighted by molar-refractivity contribution is 9.10. The monoisotopic (exact) mass is 228 g/mol. The number of rotatable bonds is 2.